The van der Waals surface area contributed by atoms with Crippen LogP contribution in [0.25, 0.3) is 0 Å². The Bertz CT molecular complexity index is 977. The minimum atomic E-state index is -3.72. The molecule has 2 N–H and O–H groups in total. The number of hydrogen-bond acceptors (Lipinski definition) is 5. The van der Waals surface area contributed by atoms with Gasteiger partial charge in [0.25, 0.3) is 6.02 Å². The molecule has 8 heteroatoms. The van der Waals surface area contributed by atoms with Gasteiger partial charge in [-0.15, -0.1) is 0 Å². The molecule has 1 fully saturated rings. The van der Waals surface area contributed by atoms with Crippen molar-refractivity contribution in [3.63, 3.8) is 0 Å². The van der Waals surface area contributed by atoms with Crippen molar-refractivity contribution in [3.05, 3.63) is 70.7 Å². The number of aliphatic hydroxyl groups excluding tert-OH is 1. The second kappa shape index (κ2) is 8.73. The highest BCUT2D eigenvalue weighted by atomic mass is 35.5. The SMILES string of the molecule is CC1(C)OC(=NC(CCO)c2cccc(Cl)c2)NS(=O)(=O)C1Cc1ccccc1. The minimum Gasteiger partial charge on any atom is -0.457 e. The van der Waals surface area contributed by atoms with Gasteiger partial charge in [0, 0.05) is 11.6 Å². The fraction of sp³-hybridized carbons (Fsp3) is 0.381. The van der Waals surface area contributed by atoms with Gasteiger partial charge >= 0.3 is 0 Å². The van der Waals surface area contributed by atoms with E-state index in [4.69, 9.17) is 16.3 Å². The highest BCUT2D eigenvalue weighted by molar-refractivity contribution is 7.90. The fourth-order valence-electron chi connectivity index (χ4n) is 3.42. The van der Waals surface area contributed by atoms with Gasteiger partial charge in [-0.3, -0.25) is 0 Å². The summed E-state index contributed by atoms with van der Waals surface area (Å²) in [6.45, 7) is 3.38. The zero-order valence-electron chi connectivity index (χ0n) is 16.4. The molecule has 1 aliphatic heterocycles. The summed E-state index contributed by atoms with van der Waals surface area (Å²) in [4.78, 5) is 4.45. The Balaban J connectivity index is 1.89. The van der Waals surface area contributed by atoms with Gasteiger partial charge in [0.05, 0.1) is 6.04 Å². The first-order valence-corrected chi connectivity index (χ1v) is 11.3. The van der Waals surface area contributed by atoms with Gasteiger partial charge in [0.15, 0.2) is 0 Å². The normalized spacial score (nSPS) is 22.5. The third-order valence-electron chi connectivity index (χ3n) is 4.91. The lowest BCUT2D eigenvalue weighted by Crippen LogP contribution is -2.59. The van der Waals surface area contributed by atoms with E-state index in [9.17, 15) is 13.5 Å². The summed E-state index contributed by atoms with van der Waals surface area (Å²) in [5, 5.41) is 9.19. The second-order valence-electron chi connectivity index (χ2n) is 7.55. The molecule has 2 aromatic carbocycles. The summed E-state index contributed by atoms with van der Waals surface area (Å²) in [7, 11) is -3.72. The maximum atomic E-state index is 13.0. The second-order valence-corrected chi connectivity index (χ2v) is 9.85. The Hall–Kier alpha value is -2.09. The number of halogens is 1. The molecule has 0 spiro atoms. The van der Waals surface area contributed by atoms with Crippen LogP contribution >= 0.6 is 11.6 Å². The van der Waals surface area contributed by atoms with Crippen LogP contribution in [0, 0.1) is 0 Å². The van der Waals surface area contributed by atoms with Crippen LogP contribution in [0.5, 0.6) is 0 Å². The zero-order chi connectivity index (χ0) is 21.1. The molecule has 1 aliphatic rings. The lowest BCUT2D eigenvalue weighted by atomic mass is 9.97. The van der Waals surface area contributed by atoms with E-state index in [1.165, 1.54) is 0 Å². The molecular formula is C21H25ClN2O4S. The number of ether oxygens (including phenoxy) is 1. The Morgan fingerprint density at radius 2 is 1.93 bits per heavy atom. The molecule has 0 bridgehead atoms. The fourth-order valence-corrected chi connectivity index (χ4v) is 5.31. The average molecular weight is 437 g/mol. The van der Waals surface area contributed by atoms with Crippen molar-refractivity contribution in [2.24, 2.45) is 4.99 Å². The van der Waals surface area contributed by atoms with Crippen LogP contribution in [0.3, 0.4) is 0 Å². The van der Waals surface area contributed by atoms with Crippen molar-refractivity contribution in [1.29, 1.82) is 0 Å². The number of hydrogen-bond donors (Lipinski definition) is 2. The van der Waals surface area contributed by atoms with Crippen molar-refractivity contribution in [2.75, 3.05) is 6.61 Å². The van der Waals surface area contributed by atoms with Crippen LogP contribution in [0.4, 0.5) is 0 Å². The van der Waals surface area contributed by atoms with Gasteiger partial charge in [0.1, 0.15) is 10.9 Å². The molecule has 0 amide bonds. The summed E-state index contributed by atoms with van der Waals surface area (Å²) >= 11 is 6.06. The standard InChI is InChI=1S/C21H25ClN2O4S/c1-21(2)19(13-15-7-4-3-5-8-15)29(26,27)24-20(28-21)23-18(11-12-25)16-9-6-10-17(22)14-16/h3-10,14,18-19,25H,11-13H2,1-2H3,(H,23,24). The van der Waals surface area contributed by atoms with E-state index in [0.29, 0.717) is 17.9 Å². The predicted molar refractivity (Wildman–Crippen MR) is 114 cm³/mol. The van der Waals surface area contributed by atoms with Crippen LogP contribution in [0.1, 0.15) is 37.4 Å². The van der Waals surface area contributed by atoms with E-state index >= 15 is 0 Å². The van der Waals surface area contributed by atoms with Crippen LogP contribution in [-0.4, -0.2) is 37.0 Å². The molecule has 156 valence electrons. The first kappa shape index (κ1) is 21.6. The summed E-state index contributed by atoms with van der Waals surface area (Å²) in [6.07, 6.45) is 0.633. The maximum Gasteiger partial charge on any atom is 0.299 e. The van der Waals surface area contributed by atoms with E-state index in [2.05, 4.69) is 9.71 Å². The predicted octanol–water partition coefficient (Wildman–Crippen LogP) is 3.46. The van der Waals surface area contributed by atoms with Gasteiger partial charge in [-0.25, -0.2) is 18.1 Å². The molecule has 29 heavy (non-hydrogen) atoms. The first-order chi connectivity index (χ1) is 13.7. The van der Waals surface area contributed by atoms with Crippen LogP contribution in [0.15, 0.2) is 59.6 Å². The van der Waals surface area contributed by atoms with E-state index < -0.39 is 26.9 Å². The van der Waals surface area contributed by atoms with E-state index in [-0.39, 0.29) is 12.6 Å². The van der Waals surface area contributed by atoms with Crippen LogP contribution < -0.4 is 4.72 Å². The molecule has 6 nitrogen and oxygen atoms in total. The number of aliphatic imine (C=N–C) groups is 1. The maximum absolute atomic E-state index is 13.0. The minimum absolute atomic E-state index is 0.0715. The van der Waals surface area contributed by atoms with Crippen molar-refractivity contribution in [2.45, 2.75) is 43.6 Å². The van der Waals surface area contributed by atoms with Gasteiger partial charge in [-0.05, 0) is 49.9 Å². The summed E-state index contributed by atoms with van der Waals surface area (Å²) in [5.74, 6) is 0. The Morgan fingerprint density at radius 3 is 2.55 bits per heavy atom. The smallest absolute Gasteiger partial charge is 0.299 e. The number of rotatable bonds is 6. The lowest BCUT2D eigenvalue weighted by Gasteiger charge is -2.39. The summed E-state index contributed by atoms with van der Waals surface area (Å²) < 4.78 is 34.4. The van der Waals surface area contributed by atoms with Gasteiger partial charge in [-0.1, -0.05) is 54.1 Å². The Labute approximate surface area is 176 Å². The van der Waals surface area contributed by atoms with E-state index in [1.807, 2.05) is 36.4 Å². The molecule has 2 atom stereocenters. The van der Waals surface area contributed by atoms with E-state index in [0.717, 1.165) is 11.1 Å². The van der Waals surface area contributed by atoms with Crippen LogP contribution in [-0.2, 0) is 21.2 Å². The molecule has 2 aromatic rings. The van der Waals surface area contributed by atoms with Crippen molar-refractivity contribution < 1.29 is 18.3 Å². The molecule has 0 aromatic heterocycles. The number of nitrogens with one attached hydrogen (secondary N) is 1. The highest BCUT2D eigenvalue weighted by Crippen LogP contribution is 2.31. The molecule has 1 saturated heterocycles. The third kappa shape index (κ3) is 5.29. The number of amidine groups is 1. The molecule has 0 radical (unpaired) electrons. The van der Waals surface area contributed by atoms with Crippen molar-refractivity contribution in [3.8, 4) is 0 Å². The summed E-state index contributed by atoms with van der Waals surface area (Å²) in [6, 6.07) is 16.0. The third-order valence-corrected chi connectivity index (χ3v) is 7.09. The Kier molecular flexibility index (Phi) is 6.51. The molecular weight excluding hydrogens is 412 g/mol. The van der Waals surface area contributed by atoms with Crippen molar-refractivity contribution >= 4 is 27.6 Å². The number of aliphatic hydroxyl groups is 1. The average Bonchev–Trinajstić information content (AvgIpc) is 2.65. The lowest BCUT2D eigenvalue weighted by molar-refractivity contribution is 0.0759. The molecule has 2 unspecified atom stereocenters. The first-order valence-electron chi connectivity index (χ1n) is 9.40. The highest BCUT2D eigenvalue weighted by Gasteiger charge is 2.47. The quantitative estimate of drug-likeness (QED) is 0.725. The molecule has 0 saturated carbocycles. The van der Waals surface area contributed by atoms with Gasteiger partial charge in [-0.2, -0.15) is 0 Å². The van der Waals surface area contributed by atoms with Gasteiger partial charge < -0.3 is 9.84 Å². The molecule has 3 rings (SSSR count). The number of benzene rings is 2. The molecule has 0 aliphatic carbocycles. The molecule has 1 heterocycles. The van der Waals surface area contributed by atoms with Crippen molar-refractivity contribution in [1.82, 2.24) is 4.72 Å². The number of sulfonamides is 1. The monoisotopic (exact) mass is 436 g/mol. The Morgan fingerprint density at radius 1 is 1.21 bits per heavy atom. The van der Waals surface area contributed by atoms with Crippen LogP contribution in [0.2, 0.25) is 5.02 Å². The van der Waals surface area contributed by atoms with Gasteiger partial charge in [0.2, 0.25) is 10.0 Å². The zero-order valence-corrected chi connectivity index (χ0v) is 17.9. The topological polar surface area (TPSA) is 88.0 Å². The largest absolute Gasteiger partial charge is 0.457 e. The van der Waals surface area contributed by atoms with E-state index in [1.54, 1.807) is 32.0 Å². The number of nitrogens with zero attached hydrogens (tertiary/aromatic N) is 1. The summed E-state index contributed by atoms with van der Waals surface area (Å²) in [5.41, 5.74) is 0.694.